The lowest BCUT2D eigenvalue weighted by Gasteiger charge is -2.24. The fraction of sp³-hybridized carbons (Fsp3) is 0.419. The van der Waals surface area contributed by atoms with Gasteiger partial charge in [0.15, 0.2) is 0 Å². The molecule has 0 radical (unpaired) electrons. The summed E-state index contributed by atoms with van der Waals surface area (Å²) in [5.74, 6) is 6.11. The maximum atomic E-state index is 14.0. The predicted octanol–water partition coefficient (Wildman–Crippen LogP) is 5.83. The van der Waals surface area contributed by atoms with Crippen molar-refractivity contribution < 1.29 is 19.1 Å². The minimum absolute atomic E-state index is 0.153. The highest BCUT2D eigenvalue weighted by Crippen LogP contribution is 2.22. The molecule has 206 valence electrons. The summed E-state index contributed by atoms with van der Waals surface area (Å²) in [5.41, 5.74) is 0.0617. The predicted molar refractivity (Wildman–Crippen MR) is 152 cm³/mol. The number of carbonyl (C=O) groups is 2. The summed E-state index contributed by atoms with van der Waals surface area (Å²) in [7, 11) is 0. The van der Waals surface area contributed by atoms with E-state index in [1.807, 2.05) is 58.0 Å². The zero-order chi connectivity index (χ0) is 28.8. The summed E-state index contributed by atoms with van der Waals surface area (Å²) in [6.45, 7) is 12.7. The first-order valence-corrected chi connectivity index (χ1v) is 13.1. The smallest absolute Gasteiger partial charge is 0.408 e. The molecule has 1 N–H and O–H groups in total. The quantitative estimate of drug-likeness (QED) is 0.317. The van der Waals surface area contributed by atoms with Crippen LogP contribution < -0.4 is 10.9 Å². The number of hydrogen-bond donors (Lipinski definition) is 1. The van der Waals surface area contributed by atoms with Gasteiger partial charge >= 0.3 is 12.1 Å². The van der Waals surface area contributed by atoms with E-state index >= 15 is 0 Å². The van der Waals surface area contributed by atoms with E-state index in [4.69, 9.17) is 14.5 Å². The number of aromatic nitrogens is 2. The van der Waals surface area contributed by atoms with E-state index < -0.39 is 23.3 Å². The molecule has 0 aliphatic rings. The Balaban J connectivity index is 2.07. The summed E-state index contributed by atoms with van der Waals surface area (Å²) < 4.78 is 12.3. The second-order valence-electron chi connectivity index (χ2n) is 11.1. The Bertz CT molecular complexity index is 1450. The summed E-state index contributed by atoms with van der Waals surface area (Å²) in [6, 6.07) is 13.9. The number of nitrogens with one attached hydrogen (secondary N) is 1. The molecule has 1 heterocycles. The minimum atomic E-state index is -0.671. The van der Waals surface area contributed by atoms with E-state index in [-0.39, 0.29) is 17.9 Å². The molecule has 0 saturated carbocycles. The fourth-order valence-electron chi connectivity index (χ4n) is 3.93. The number of nitrogens with zero attached hydrogens (tertiary/aromatic N) is 2. The molecule has 0 aliphatic carbocycles. The second kappa shape index (κ2) is 12.2. The van der Waals surface area contributed by atoms with Crippen LogP contribution in [0.5, 0.6) is 0 Å². The van der Waals surface area contributed by atoms with Gasteiger partial charge in [0.1, 0.15) is 17.0 Å². The number of benzene rings is 2. The zero-order valence-electron chi connectivity index (χ0n) is 23.8. The van der Waals surface area contributed by atoms with Crippen LogP contribution in [-0.4, -0.2) is 32.8 Å². The van der Waals surface area contributed by atoms with Crippen LogP contribution >= 0.6 is 0 Å². The Kier molecular flexibility index (Phi) is 9.18. The maximum absolute atomic E-state index is 14.0. The number of rotatable bonds is 6. The molecule has 3 rings (SSSR count). The summed E-state index contributed by atoms with van der Waals surface area (Å²) in [5, 5.41) is 3.23. The summed E-state index contributed by atoms with van der Waals surface area (Å²) in [4.78, 5) is 43.5. The second-order valence-corrected chi connectivity index (χ2v) is 11.1. The van der Waals surface area contributed by atoms with Crippen LogP contribution in [0.2, 0.25) is 0 Å². The Hall–Kier alpha value is -4.12. The molecular weight excluding hydrogens is 494 g/mol. The highest BCUT2D eigenvalue weighted by Gasteiger charge is 2.25. The van der Waals surface area contributed by atoms with E-state index in [0.717, 1.165) is 0 Å². The van der Waals surface area contributed by atoms with Gasteiger partial charge in [0.25, 0.3) is 5.56 Å². The van der Waals surface area contributed by atoms with Gasteiger partial charge in [-0.05, 0) is 72.2 Å². The number of ether oxygens (including phenoxy) is 2. The molecule has 0 bridgehead atoms. The third kappa shape index (κ3) is 8.18. The lowest BCUT2D eigenvalue weighted by molar-refractivity contribution is -0.154. The van der Waals surface area contributed by atoms with Crippen LogP contribution in [0.3, 0.4) is 0 Å². The van der Waals surface area contributed by atoms with Crippen molar-refractivity contribution in [1.29, 1.82) is 0 Å². The molecule has 1 aromatic heterocycles. The van der Waals surface area contributed by atoms with E-state index in [1.54, 1.807) is 39.0 Å². The number of alkyl carbamates (subject to hydrolysis) is 1. The lowest BCUT2D eigenvalue weighted by Crippen LogP contribution is -2.37. The summed E-state index contributed by atoms with van der Waals surface area (Å²) in [6.07, 6.45) is 0.336. The van der Waals surface area contributed by atoms with Crippen molar-refractivity contribution in [3.63, 3.8) is 0 Å². The van der Waals surface area contributed by atoms with Crippen LogP contribution in [0.4, 0.5) is 4.79 Å². The first kappa shape index (κ1) is 29.4. The van der Waals surface area contributed by atoms with Gasteiger partial charge in [-0.25, -0.2) is 9.78 Å². The Morgan fingerprint density at radius 1 is 0.974 bits per heavy atom. The molecule has 8 nitrogen and oxygen atoms in total. The Morgan fingerprint density at radius 2 is 1.64 bits per heavy atom. The topological polar surface area (TPSA) is 99.5 Å². The normalized spacial score (nSPS) is 12.3. The molecule has 2 aromatic carbocycles. The lowest BCUT2D eigenvalue weighted by atomic mass is 10.1. The van der Waals surface area contributed by atoms with Gasteiger partial charge in [0, 0.05) is 12.0 Å². The van der Waals surface area contributed by atoms with Crippen LogP contribution in [0.25, 0.3) is 16.6 Å². The van der Waals surface area contributed by atoms with Gasteiger partial charge in [-0.1, -0.05) is 43.0 Å². The van der Waals surface area contributed by atoms with Crippen molar-refractivity contribution in [2.45, 2.75) is 85.0 Å². The highest BCUT2D eigenvalue weighted by atomic mass is 16.6. The van der Waals surface area contributed by atoms with Crippen molar-refractivity contribution in [2.75, 3.05) is 0 Å². The number of para-hydroxylation sites is 1. The molecule has 0 aliphatic heterocycles. The SMILES string of the molecule is CC[C@H](NC(=O)OC(C)(C)C)c1nc2cccc(C#CCCC(=O)OC(C)(C)C)c2c(=O)n1-c1ccccc1. The van der Waals surface area contributed by atoms with Crippen molar-refractivity contribution >= 4 is 23.0 Å². The zero-order valence-corrected chi connectivity index (χ0v) is 23.8. The molecule has 0 unspecified atom stereocenters. The van der Waals surface area contributed by atoms with E-state index in [1.165, 1.54) is 4.57 Å². The van der Waals surface area contributed by atoms with Gasteiger partial charge in [0.2, 0.25) is 0 Å². The van der Waals surface area contributed by atoms with E-state index in [9.17, 15) is 14.4 Å². The molecule has 1 amide bonds. The third-order valence-electron chi connectivity index (χ3n) is 5.45. The number of fused-ring (bicyclic) bond motifs is 1. The van der Waals surface area contributed by atoms with Gasteiger partial charge in [0.05, 0.1) is 29.1 Å². The molecule has 0 spiro atoms. The molecule has 39 heavy (non-hydrogen) atoms. The fourth-order valence-corrected chi connectivity index (χ4v) is 3.93. The third-order valence-corrected chi connectivity index (χ3v) is 5.45. The molecular formula is C31H37N3O5. The van der Waals surface area contributed by atoms with Crippen molar-refractivity contribution in [2.24, 2.45) is 0 Å². The average Bonchev–Trinajstić information content (AvgIpc) is 2.83. The van der Waals surface area contributed by atoms with Crippen LogP contribution in [0, 0.1) is 11.8 Å². The molecule has 0 fully saturated rings. The maximum Gasteiger partial charge on any atom is 0.408 e. The van der Waals surface area contributed by atoms with E-state index in [0.29, 0.717) is 40.8 Å². The van der Waals surface area contributed by atoms with Crippen molar-refractivity contribution in [1.82, 2.24) is 14.9 Å². The van der Waals surface area contributed by atoms with Crippen molar-refractivity contribution in [3.8, 4) is 17.5 Å². The Morgan fingerprint density at radius 3 is 2.26 bits per heavy atom. The number of hydrogen-bond acceptors (Lipinski definition) is 6. The first-order chi connectivity index (χ1) is 18.3. The first-order valence-electron chi connectivity index (χ1n) is 13.1. The number of amides is 1. The molecule has 1 atom stereocenters. The molecule has 3 aromatic rings. The van der Waals surface area contributed by atoms with E-state index in [2.05, 4.69) is 17.2 Å². The van der Waals surface area contributed by atoms with Gasteiger partial charge in [-0.2, -0.15) is 0 Å². The molecule has 0 saturated heterocycles. The molecule has 8 heteroatoms. The number of carbonyl (C=O) groups excluding carboxylic acids is 2. The van der Waals surface area contributed by atoms with Crippen LogP contribution in [0.1, 0.15) is 85.2 Å². The average molecular weight is 532 g/mol. The summed E-state index contributed by atoms with van der Waals surface area (Å²) >= 11 is 0. The van der Waals surface area contributed by atoms with Crippen molar-refractivity contribution in [3.05, 3.63) is 70.3 Å². The Labute approximate surface area is 229 Å². The minimum Gasteiger partial charge on any atom is -0.460 e. The number of esters is 1. The highest BCUT2D eigenvalue weighted by molar-refractivity contribution is 5.85. The van der Waals surface area contributed by atoms with Gasteiger partial charge < -0.3 is 14.8 Å². The van der Waals surface area contributed by atoms with Gasteiger partial charge in [-0.3, -0.25) is 14.2 Å². The largest absolute Gasteiger partial charge is 0.460 e. The van der Waals surface area contributed by atoms with Crippen LogP contribution in [-0.2, 0) is 14.3 Å². The monoisotopic (exact) mass is 531 g/mol. The van der Waals surface area contributed by atoms with Crippen LogP contribution in [0.15, 0.2) is 53.3 Å². The standard InChI is InChI=1S/C31H37N3O5/c1-8-23(33-29(37)39-31(5,6)7)27-32-24-19-14-16-21(15-12-13-20-25(35)38-30(2,3)4)26(24)28(36)34(27)22-17-10-9-11-18-22/h9-11,14,16-19,23H,8,13,20H2,1-7H3,(H,33,37)/t23-/m0/s1. The van der Waals surface area contributed by atoms with Gasteiger partial charge in [-0.15, -0.1) is 0 Å².